The van der Waals surface area contributed by atoms with E-state index in [1.54, 1.807) is 6.07 Å². The van der Waals surface area contributed by atoms with Crippen molar-refractivity contribution in [2.45, 2.75) is 19.3 Å². The van der Waals surface area contributed by atoms with Crippen molar-refractivity contribution in [2.24, 2.45) is 13.0 Å². The number of hydrogen-bond donors (Lipinski definition) is 0. The van der Waals surface area contributed by atoms with E-state index in [0.717, 1.165) is 31.9 Å². The van der Waals surface area contributed by atoms with Crippen LogP contribution in [0.3, 0.4) is 0 Å². The summed E-state index contributed by atoms with van der Waals surface area (Å²) < 4.78 is 21.0. The minimum atomic E-state index is -0.247. The van der Waals surface area contributed by atoms with Crippen LogP contribution in [-0.2, 0) is 13.5 Å². The molecule has 0 amide bonds. The first kappa shape index (κ1) is 16.0. The van der Waals surface area contributed by atoms with E-state index in [9.17, 15) is 4.39 Å². The second-order valence-electron chi connectivity index (χ2n) is 6.28. The quantitative estimate of drug-likeness (QED) is 0.821. The third-order valence-corrected chi connectivity index (χ3v) is 4.46. The fourth-order valence-electron chi connectivity index (χ4n) is 3.16. The number of imidazole rings is 1. The summed E-state index contributed by atoms with van der Waals surface area (Å²) in [5, 5.41) is 0. The van der Waals surface area contributed by atoms with Crippen molar-refractivity contribution < 1.29 is 9.13 Å². The predicted octanol–water partition coefficient (Wildman–Crippen LogP) is 2.89. The minimum absolute atomic E-state index is 0.247. The Labute approximate surface area is 136 Å². The van der Waals surface area contributed by atoms with Crippen molar-refractivity contribution in [1.29, 1.82) is 0 Å². The smallest absolute Gasteiger partial charge is 0.126 e. The normalized spacial score (nSPS) is 19.0. The standard InChI is InChI=1S/C18H24FN3O/c1-21-11-8-20-18(21)7-10-22-9-3-4-15(13-22)14-23-17-6-2-5-16(19)12-17/h2,5-6,8,11-12,15H,3-4,7,9-10,13-14H2,1H3/t15-/m0/s1. The molecule has 1 aromatic heterocycles. The molecule has 0 saturated carbocycles. The van der Waals surface area contributed by atoms with Crippen molar-refractivity contribution >= 4 is 0 Å². The number of nitrogens with zero attached hydrogens (tertiary/aromatic N) is 3. The molecule has 23 heavy (non-hydrogen) atoms. The van der Waals surface area contributed by atoms with Crippen LogP contribution in [0.15, 0.2) is 36.7 Å². The molecule has 1 saturated heterocycles. The average Bonchev–Trinajstić information content (AvgIpc) is 2.97. The number of halogens is 1. The highest BCUT2D eigenvalue weighted by molar-refractivity contribution is 5.22. The molecule has 1 aromatic carbocycles. The molecule has 124 valence electrons. The SMILES string of the molecule is Cn1ccnc1CCN1CCC[C@H](COc2cccc(F)c2)C1. The summed E-state index contributed by atoms with van der Waals surface area (Å²) in [6.07, 6.45) is 7.18. The lowest BCUT2D eigenvalue weighted by Crippen LogP contribution is -2.39. The molecular weight excluding hydrogens is 293 g/mol. The summed E-state index contributed by atoms with van der Waals surface area (Å²) in [4.78, 5) is 6.86. The topological polar surface area (TPSA) is 30.3 Å². The molecule has 2 heterocycles. The monoisotopic (exact) mass is 317 g/mol. The first-order chi connectivity index (χ1) is 11.2. The molecule has 1 fully saturated rings. The number of piperidine rings is 1. The van der Waals surface area contributed by atoms with E-state index in [1.165, 1.54) is 25.0 Å². The molecule has 0 unspecified atom stereocenters. The summed E-state index contributed by atoms with van der Waals surface area (Å²) >= 11 is 0. The third kappa shape index (κ3) is 4.55. The average molecular weight is 317 g/mol. The minimum Gasteiger partial charge on any atom is -0.493 e. The molecule has 1 aliphatic heterocycles. The molecule has 0 bridgehead atoms. The van der Waals surface area contributed by atoms with Gasteiger partial charge in [0.15, 0.2) is 0 Å². The van der Waals surface area contributed by atoms with Crippen molar-refractivity contribution in [2.75, 3.05) is 26.2 Å². The maximum absolute atomic E-state index is 13.2. The van der Waals surface area contributed by atoms with E-state index in [1.807, 2.05) is 25.5 Å². The van der Waals surface area contributed by atoms with Gasteiger partial charge >= 0.3 is 0 Å². The molecule has 5 heteroatoms. The number of aryl methyl sites for hydroxylation is 1. The van der Waals surface area contributed by atoms with Crippen molar-refractivity contribution in [3.05, 3.63) is 48.3 Å². The van der Waals surface area contributed by atoms with Crippen LogP contribution in [0.2, 0.25) is 0 Å². The summed E-state index contributed by atoms with van der Waals surface area (Å²) in [6, 6.07) is 6.38. The van der Waals surface area contributed by atoms with E-state index in [2.05, 4.69) is 14.5 Å². The molecule has 1 aliphatic rings. The molecule has 3 rings (SSSR count). The Morgan fingerprint density at radius 1 is 1.39 bits per heavy atom. The highest BCUT2D eigenvalue weighted by atomic mass is 19.1. The van der Waals surface area contributed by atoms with Gasteiger partial charge in [0.2, 0.25) is 0 Å². The molecule has 0 aliphatic carbocycles. The van der Waals surface area contributed by atoms with Crippen LogP contribution in [0.5, 0.6) is 5.75 Å². The third-order valence-electron chi connectivity index (χ3n) is 4.46. The fraction of sp³-hybridized carbons (Fsp3) is 0.500. The summed E-state index contributed by atoms with van der Waals surface area (Å²) in [6.45, 7) is 3.87. The zero-order valence-electron chi connectivity index (χ0n) is 13.6. The zero-order chi connectivity index (χ0) is 16.1. The number of likely N-dealkylation sites (tertiary alicyclic amines) is 1. The largest absolute Gasteiger partial charge is 0.493 e. The van der Waals surface area contributed by atoms with E-state index >= 15 is 0 Å². The van der Waals surface area contributed by atoms with Gasteiger partial charge in [-0.05, 0) is 31.5 Å². The Morgan fingerprint density at radius 2 is 2.30 bits per heavy atom. The molecular formula is C18H24FN3O. The maximum atomic E-state index is 13.2. The van der Waals surface area contributed by atoms with Gasteiger partial charge in [0, 0.05) is 50.9 Å². The van der Waals surface area contributed by atoms with E-state index in [-0.39, 0.29) is 5.82 Å². The highest BCUT2D eigenvalue weighted by Gasteiger charge is 2.20. The first-order valence-electron chi connectivity index (χ1n) is 8.27. The van der Waals surface area contributed by atoms with Crippen molar-refractivity contribution in [3.63, 3.8) is 0 Å². The van der Waals surface area contributed by atoms with Crippen LogP contribution < -0.4 is 4.74 Å². The molecule has 2 aromatic rings. The van der Waals surface area contributed by atoms with Gasteiger partial charge in [0.05, 0.1) is 6.61 Å². The van der Waals surface area contributed by atoms with Gasteiger partial charge in [-0.2, -0.15) is 0 Å². The van der Waals surface area contributed by atoms with Crippen LogP contribution in [0.4, 0.5) is 4.39 Å². The second kappa shape index (κ2) is 7.59. The zero-order valence-corrected chi connectivity index (χ0v) is 13.6. The molecule has 0 spiro atoms. The fourth-order valence-corrected chi connectivity index (χ4v) is 3.16. The Morgan fingerprint density at radius 3 is 3.09 bits per heavy atom. The van der Waals surface area contributed by atoms with Crippen LogP contribution in [-0.4, -0.2) is 40.7 Å². The summed E-state index contributed by atoms with van der Waals surface area (Å²) in [5.74, 6) is 2.01. The van der Waals surface area contributed by atoms with Gasteiger partial charge in [-0.15, -0.1) is 0 Å². The first-order valence-corrected chi connectivity index (χ1v) is 8.27. The van der Waals surface area contributed by atoms with E-state index < -0.39 is 0 Å². The maximum Gasteiger partial charge on any atom is 0.126 e. The Bertz CT molecular complexity index is 628. The van der Waals surface area contributed by atoms with Crippen LogP contribution >= 0.6 is 0 Å². The van der Waals surface area contributed by atoms with Gasteiger partial charge in [-0.1, -0.05) is 6.07 Å². The molecule has 0 N–H and O–H groups in total. The van der Waals surface area contributed by atoms with Gasteiger partial charge in [0.25, 0.3) is 0 Å². The van der Waals surface area contributed by atoms with Gasteiger partial charge in [0.1, 0.15) is 17.4 Å². The molecule has 0 radical (unpaired) electrons. The van der Waals surface area contributed by atoms with Gasteiger partial charge in [-0.3, -0.25) is 0 Å². The van der Waals surface area contributed by atoms with Gasteiger partial charge < -0.3 is 14.2 Å². The molecule has 4 nitrogen and oxygen atoms in total. The van der Waals surface area contributed by atoms with Crippen molar-refractivity contribution in [1.82, 2.24) is 14.5 Å². The number of benzene rings is 1. The number of ether oxygens (including phenoxy) is 1. The number of hydrogen-bond acceptors (Lipinski definition) is 3. The van der Waals surface area contributed by atoms with Crippen LogP contribution in [0.25, 0.3) is 0 Å². The lowest BCUT2D eigenvalue weighted by Gasteiger charge is -2.32. The predicted molar refractivity (Wildman–Crippen MR) is 88.0 cm³/mol. The number of rotatable bonds is 6. The lowest BCUT2D eigenvalue weighted by molar-refractivity contribution is 0.130. The summed E-state index contributed by atoms with van der Waals surface area (Å²) in [5.41, 5.74) is 0. The van der Waals surface area contributed by atoms with Gasteiger partial charge in [-0.25, -0.2) is 9.37 Å². The van der Waals surface area contributed by atoms with Crippen molar-refractivity contribution in [3.8, 4) is 5.75 Å². The van der Waals surface area contributed by atoms with E-state index in [0.29, 0.717) is 18.3 Å². The Hall–Kier alpha value is -1.88. The Kier molecular flexibility index (Phi) is 5.28. The Balaban J connectivity index is 1.45. The van der Waals surface area contributed by atoms with Crippen LogP contribution in [0, 0.1) is 11.7 Å². The lowest BCUT2D eigenvalue weighted by atomic mass is 9.99. The van der Waals surface area contributed by atoms with Crippen LogP contribution in [0.1, 0.15) is 18.7 Å². The summed E-state index contributed by atoms with van der Waals surface area (Å²) in [7, 11) is 2.04. The molecule has 1 atom stereocenters. The second-order valence-corrected chi connectivity index (χ2v) is 6.28. The number of aromatic nitrogens is 2. The van der Waals surface area contributed by atoms with E-state index in [4.69, 9.17) is 4.74 Å². The highest BCUT2D eigenvalue weighted by Crippen LogP contribution is 2.19.